The molecule has 0 bridgehead atoms. The van der Waals surface area contributed by atoms with Gasteiger partial charge in [0, 0.05) is 13.1 Å². The summed E-state index contributed by atoms with van der Waals surface area (Å²) >= 11 is 0. The molecule has 0 unspecified atom stereocenters. The van der Waals surface area contributed by atoms with Crippen molar-refractivity contribution < 1.29 is 14.3 Å². The number of rotatable bonds is 6. The maximum Gasteiger partial charge on any atom is 0.238 e. The largest absolute Gasteiger partial charge is 0.495 e. The zero-order valence-corrected chi connectivity index (χ0v) is 17.2. The Balaban J connectivity index is 1.48. The minimum atomic E-state index is -0.0163. The van der Waals surface area contributed by atoms with Crippen LogP contribution in [0.2, 0.25) is 0 Å². The Labute approximate surface area is 167 Å². The number of amides is 1. The molecule has 1 N–H and O–H groups in total. The van der Waals surface area contributed by atoms with Crippen LogP contribution >= 0.6 is 0 Å². The van der Waals surface area contributed by atoms with Gasteiger partial charge in [0.25, 0.3) is 0 Å². The van der Waals surface area contributed by atoms with Crippen LogP contribution in [0.4, 0.5) is 5.69 Å². The summed E-state index contributed by atoms with van der Waals surface area (Å²) in [6.45, 7) is 8.30. The molecule has 3 rings (SSSR count). The second kappa shape index (κ2) is 9.11. The van der Waals surface area contributed by atoms with E-state index in [-0.39, 0.29) is 12.0 Å². The van der Waals surface area contributed by atoms with Crippen molar-refractivity contribution in [1.29, 1.82) is 0 Å². The molecule has 0 saturated carbocycles. The van der Waals surface area contributed by atoms with Crippen molar-refractivity contribution in [2.24, 2.45) is 0 Å². The summed E-state index contributed by atoms with van der Waals surface area (Å²) in [4.78, 5) is 14.6. The molecule has 1 heterocycles. The third kappa shape index (κ3) is 5.26. The van der Waals surface area contributed by atoms with Gasteiger partial charge in [0.2, 0.25) is 5.91 Å². The normalized spacial score (nSPS) is 15.3. The van der Waals surface area contributed by atoms with Crippen LogP contribution in [0.15, 0.2) is 36.4 Å². The van der Waals surface area contributed by atoms with Gasteiger partial charge in [-0.1, -0.05) is 12.1 Å². The maximum atomic E-state index is 12.5. The number of aryl methyl sites for hydroxylation is 3. The first-order valence-electron chi connectivity index (χ1n) is 9.85. The van der Waals surface area contributed by atoms with Gasteiger partial charge in [-0.25, -0.2) is 0 Å². The fraction of sp³-hybridized carbons (Fsp3) is 0.435. The summed E-state index contributed by atoms with van der Waals surface area (Å²) in [6.07, 6.45) is 2.06. The Morgan fingerprint density at radius 2 is 1.82 bits per heavy atom. The van der Waals surface area contributed by atoms with E-state index in [2.05, 4.69) is 36.2 Å². The quantitative estimate of drug-likeness (QED) is 0.817. The molecule has 1 saturated heterocycles. The smallest absolute Gasteiger partial charge is 0.238 e. The second-order valence-corrected chi connectivity index (χ2v) is 7.59. The number of carbonyl (C=O) groups is 1. The minimum absolute atomic E-state index is 0.0163. The molecule has 1 amide bonds. The molecular formula is C23H30N2O3. The number of piperidine rings is 1. The van der Waals surface area contributed by atoms with E-state index in [4.69, 9.17) is 9.47 Å². The Hall–Kier alpha value is -2.53. The molecule has 1 aliphatic heterocycles. The molecule has 2 aromatic rings. The molecular weight excluding hydrogens is 352 g/mol. The lowest BCUT2D eigenvalue weighted by Crippen LogP contribution is -2.42. The molecule has 5 heteroatoms. The average molecular weight is 383 g/mol. The lowest BCUT2D eigenvalue weighted by Gasteiger charge is -2.31. The average Bonchev–Trinajstić information content (AvgIpc) is 2.66. The van der Waals surface area contributed by atoms with Crippen molar-refractivity contribution in [3.05, 3.63) is 53.1 Å². The number of benzene rings is 2. The molecule has 0 radical (unpaired) electrons. The number of ether oxygens (including phenoxy) is 2. The van der Waals surface area contributed by atoms with Crippen molar-refractivity contribution in [1.82, 2.24) is 4.90 Å². The number of nitrogens with zero attached hydrogens (tertiary/aromatic N) is 1. The number of methoxy groups -OCH3 is 1. The number of nitrogens with one attached hydrogen (secondary N) is 1. The van der Waals surface area contributed by atoms with Crippen molar-refractivity contribution in [2.75, 3.05) is 32.1 Å². The Bertz CT molecular complexity index is 827. The van der Waals surface area contributed by atoms with E-state index in [0.717, 1.165) is 42.9 Å². The van der Waals surface area contributed by atoms with Gasteiger partial charge in [0.15, 0.2) is 0 Å². The van der Waals surface area contributed by atoms with Gasteiger partial charge in [-0.15, -0.1) is 0 Å². The summed E-state index contributed by atoms with van der Waals surface area (Å²) in [7, 11) is 1.61. The highest BCUT2D eigenvalue weighted by Crippen LogP contribution is 2.25. The zero-order chi connectivity index (χ0) is 20.1. The molecule has 1 aliphatic rings. The van der Waals surface area contributed by atoms with E-state index in [1.165, 1.54) is 11.1 Å². The van der Waals surface area contributed by atoms with E-state index in [9.17, 15) is 4.79 Å². The van der Waals surface area contributed by atoms with Gasteiger partial charge in [-0.3, -0.25) is 9.69 Å². The molecule has 150 valence electrons. The lowest BCUT2D eigenvalue weighted by atomic mass is 10.1. The van der Waals surface area contributed by atoms with Crippen molar-refractivity contribution in [3.8, 4) is 11.5 Å². The van der Waals surface area contributed by atoms with E-state index in [1.807, 2.05) is 31.2 Å². The lowest BCUT2D eigenvalue weighted by molar-refractivity contribution is -0.117. The highest BCUT2D eigenvalue weighted by molar-refractivity contribution is 5.93. The minimum Gasteiger partial charge on any atom is -0.495 e. The highest BCUT2D eigenvalue weighted by Gasteiger charge is 2.22. The Morgan fingerprint density at radius 3 is 2.50 bits per heavy atom. The summed E-state index contributed by atoms with van der Waals surface area (Å²) in [5.41, 5.74) is 4.33. The van der Waals surface area contributed by atoms with Crippen LogP contribution in [0.25, 0.3) is 0 Å². The molecule has 28 heavy (non-hydrogen) atoms. The Morgan fingerprint density at radius 1 is 1.07 bits per heavy atom. The second-order valence-electron chi connectivity index (χ2n) is 7.59. The van der Waals surface area contributed by atoms with E-state index < -0.39 is 0 Å². The van der Waals surface area contributed by atoms with Crippen molar-refractivity contribution in [2.45, 2.75) is 39.7 Å². The van der Waals surface area contributed by atoms with E-state index in [1.54, 1.807) is 7.11 Å². The third-order valence-corrected chi connectivity index (χ3v) is 5.31. The number of hydrogen-bond donors (Lipinski definition) is 1. The zero-order valence-electron chi connectivity index (χ0n) is 17.2. The number of anilines is 1. The molecule has 0 aliphatic carbocycles. The number of likely N-dealkylation sites (tertiary alicyclic amines) is 1. The van der Waals surface area contributed by atoms with Crippen molar-refractivity contribution in [3.63, 3.8) is 0 Å². The predicted molar refractivity (Wildman–Crippen MR) is 112 cm³/mol. The standard InChI is InChI=1S/C23H30N2O3/c1-16-5-8-22(27-4)21(13-16)24-23(26)15-25-11-9-19(10-12-25)28-20-7-6-17(2)18(3)14-20/h5-8,13-14,19H,9-12,15H2,1-4H3,(H,24,26). The summed E-state index contributed by atoms with van der Waals surface area (Å²) in [5.74, 6) is 1.60. The van der Waals surface area contributed by atoms with Gasteiger partial charge in [0.05, 0.1) is 19.3 Å². The van der Waals surface area contributed by atoms with Gasteiger partial charge < -0.3 is 14.8 Å². The first-order chi connectivity index (χ1) is 13.4. The molecule has 5 nitrogen and oxygen atoms in total. The van der Waals surface area contributed by atoms with Gasteiger partial charge in [-0.2, -0.15) is 0 Å². The first-order valence-corrected chi connectivity index (χ1v) is 9.85. The van der Waals surface area contributed by atoms with Gasteiger partial charge in [0.1, 0.15) is 17.6 Å². The Kier molecular flexibility index (Phi) is 6.57. The molecule has 1 fully saturated rings. The van der Waals surface area contributed by atoms with E-state index >= 15 is 0 Å². The van der Waals surface area contributed by atoms with Crippen LogP contribution < -0.4 is 14.8 Å². The molecule has 2 aromatic carbocycles. The first kappa shape index (κ1) is 20.2. The molecule has 0 atom stereocenters. The number of carbonyl (C=O) groups excluding carboxylic acids is 1. The van der Waals surface area contributed by atoms with Crippen LogP contribution in [-0.2, 0) is 4.79 Å². The SMILES string of the molecule is COc1ccc(C)cc1NC(=O)CN1CCC(Oc2ccc(C)c(C)c2)CC1. The van der Waals surface area contributed by atoms with Crippen LogP contribution in [-0.4, -0.2) is 43.7 Å². The van der Waals surface area contributed by atoms with Crippen LogP contribution in [0.3, 0.4) is 0 Å². The summed E-state index contributed by atoms with van der Waals surface area (Å²) in [6, 6.07) is 12.0. The molecule has 0 spiro atoms. The number of hydrogen-bond acceptors (Lipinski definition) is 4. The fourth-order valence-corrected chi connectivity index (χ4v) is 3.48. The summed E-state index contributed by atoms with van der Waals surface area (Å²) in [5, 5.41) is 2.98. The van der Waals surface area contributed by atoms with Crippen LogP contribution in [0, 0.1) is 20.8 Å². The summed E-state index contributed by atoms with van der Waals surface area (Å²) < 4.78 is 11.5. The maximum absolute atomic E-state index is 12.5. The fourth-order valence-electron chi connectivity index (χ4n) is 3.48. The van der Waals surface area contributed by atoms with Crippen LogP contribution in [0.5, 0.6) is 11.5 Å². The monoisotopic (exact) mass is 382 g/mol. The van der Waals surface area contributed by atoms with Crippen molar-refractivity contribution >= 4 is 11.6 Å². The predicted octanol–water partition coefficient (Wildman–Crippen LogP) is 4.10. The van der Waals surface area contributed by atoms with Crippen LogP contribution in [0.1, 0.15) is 29.5 Å². The highest BCUT2D eigenvalue weighted by atomic mass is 16.5. The van der Waals surface area contributed by atoms with Gasteiger partial charge in [-0.05, 0) is 74.6 Å². The van der Waals surface area contributed by atoms with Gasteiger partial charge >= 0.3 is 0 Å². The third-order valence-electron chi connectivity index (χ3n) is 5.31. The molecule has 0 aromatic heterocycles. The van der Waals surface area contributed by atoms with E-state index in [0.29, 0.717) is 12.3 Å². The topological polar surface area (TPSA) is 50.8 Å².